The Hall–Kier alpha value is -3.74. The van der Waals surface area contributed by atoms with Crippen LogP contribution in [0.15, 0.2) is 92.0 Å². The molecule has 0 saturated carbocycles. The topological polar surface area (TPSA) is 102 Å². The summed E-state index contributed by atoms with van der Waals surface area (Å²) in [5, 5.41) is 9.69. The number of aryl methyl sites for hydroxylation is 1. The van der Waals surface area contributed by atoms with Crippen LogP contribution >= 0.6 is 15.9 Å². The van der Waals surface area contributed by atoms with Crippen LogP contribution in [-0.2, 0) is 9.84 Å². The third-order valence-electron chi connectivity index (χ3n) is 4.81. The minimum atomic E-state index is -4.19. The number of pyridine rings is 1. The Bertz CT molecular complexity index is 1590. The summed E-state index contributed by atoms with van der Waals surface area (Å²) in [5.74, 6) is 0.311. The molecule has 0 unspecified atom stereocenters. The number of rotatable bonds is 5. The lowest BCUT2D eigenvalue weighted by molar-refractivity contribution is 0.461. The second-order valence-corrected chi connectivity index (χ2v) is 9.85. The van der Waals surface area contributed by atoms with Gasteiger partial charge in [-0.2, -0.15) is 10.2 Å². The molecule has 0 amide bonds. The fourth-order valence-electron chi connectivity index (χ4n) is 3.14. The molecule has 0 saturated heterocycles. The maximum absolute atomic E-state index is 13.3. The minimum Gasteiger partial charge on any atom is -0.438 e. The number of aromatic nitrogens is 2. The van der Waals surface area contributed by atoms with E-state index in [1.807, 2.05) is 0 Å². The van der Waals surface area contributed by atoms with Gasteiger partial charge in [0.2, 0.25) is 15.7 Å². The van der Waals surface area contributed by atoms with Crippen LogP contribution in [0, 0.1) is 18.3 Å². The first-order chi connectivity index (χ1) is 15.8. The van der Waals surface area contributed by atoms with Gasteiger partial charge in [-0.1, -0.05) is 40.2 Å². The Morgan fingerprint density at radius 2 is 1.79 bits per heavy atom. The first kappa shape index (κ1) is 22.5. The fraction of sp³-hybridized carbons (Fsp3) is 0.0417. The predicted molar refractivity (Wildman–Crippen MR) is 128 cm³/mol. The van der Waals surface area contributed by atoms with Gasteiger partial charge >= 0.3 is 0 Å². The summed E-state index contributed by atoms with van der Waals surface area (Å²) in [6, 6.07) is 19.7. The third-order valence-corrected chi connectivity index (χ3v) is 7.02. The van der Waals surface area contributed by atoms with E-state index in [-0.39, 0.29) is 16.3 Å². The summed E-state index contributed by atoms with van der Waals surface area (Å²) in [7, 11) is -4.19. The average Bonchev–Trinajstić information content (AvgIpc) is 2.80. The summed E-state index contributed by atoms with van der Waals surface area (Å²) < 4.78 is 34.0. The van der Waals surface area contributed by atoms with Crippen LogP contribution < -0.4 is 10.3 Å². The van der Waals surface area contributed by atoms with Crippen molar-refractivity contribution in [2.45, 2.75) is 11.8 Å². The zero-order valence-corrected chi connectivity index (χ0v) is 19.7. The SMILES string of the molecule is Cc1cccn2c(=O)c(C=C(C#N)S(=O)(=O)c3ccc(Br)cc3)c(Oc3ccccc3)nc12. The largest absolute Gasteiger partial charge is 0.438 e. The maximum Gasteiger partial charge on any atom is 0.269 e. The van der Waals surface area contributed by atoms with E-state index in [1.54, 1.807) is 67.6 Å². The Kier molecular flexibility index (Phi) is 6.14. The Labute approximate surface area is 198 Å². The van der Waals surface area contributed by atoms with E-state index < -0.39 is 20.3 Å². The quantitative estimate of drug-likeness (QED) is 0.346. The molecule has 4 rings (SSSR count). The van der Waals surface area contributed by atoms with Crippen molar-refractivity contribution in [1.29, 1.82) is 5.26 Å². The number of fused-ring (bicyclic) bond motifs is 1. The summed E-state index contributed by atoms with van der Waals surface area (Å²) >= 11 is 3.26. The first-order valence-electron chi connectivity index (χ1n) is 9.68. The minimum absolute atomic E-state index is 0.0753. The highest BCUT2D eigenvalue weighted by molar-refractivity contribution is 9.10. The van der Waals surface area contributed by atoms with E-state index in [0.29, 0.717) is 15.9 Å². The van der Waals surface area contributed by atoms with E-state index in [2.05, 4.69) is 20.9 Å². The Morgan fingerprint density at radius 1 is 1.09 bits per heavy atom. The molecule has 0 aliphatic heterocycles. The number of halogens is 1. The molecule has 9 heteroatoms. The molecule has 0 atom stereocenters. The number of benzene rings is 2. The molecule has 0 N–H and O–H groups in total. The second kappa shape index (κ2) is 9.02. The van der Waals surface area contributed by atoms with Crippen molar-refractivity contribution in [3.05, 3.63) is 104 Å². The average molecular weight is 522 g/mol. The van der Waals surface area contributed by atoms with Crippen molar-refractivity contribution in [2.24, 2.45) is 0 Å². The lowest BCUT2D eigenvalue weighted by Crippen LogP contribution is -2.20. The molecule has 7 nitrogen and oxygen atoms in total. The van der Waals surface area contributed by atoms with Gasteiger partial charge in [0.25, 0.3) is 5.56 Å². The molecule has 0 fully saturated rings. The summed E-state index contributed by atoms with van der Waals surface area (Å²) in [5.41, 5.74) is 0.374. The van der Waals surface area contributed by atoms with E-state index >= 15 is 0 Å². The highest BCUT2D eigenvalue weighted by atomic mass is 79.9. The van der Waals surface area contributed by atoms with Gasteiger partial charge in [0.15, 0.2) is 0 Å². The number of para-hydroxylation sites is 1. The number of ether oxygens (including phenoxy) is 1. The number of allylic oxidation sites excluding steroid dienone is 1. The van der Waals surface area contributed by atoms with Gasteiger partial charge in [-0.3, -0.25) is 9.20 Å². The first-order valence-corrected chi connectivity index (χ1v) is 12.0. The molecule has 2 aromatic heterocycles. The molecular formula is C24H16BrN3O4S. The lowest BCUT2D eigenvalue weighted by Gasteiger charge is -2.11. The van der Waals surface area contributed by atoms with Crippen molar-refractivity contribution >= 4 is 37.5 Å². The van der Waals surface area contributed by atoms with Gasteiger partial charge in [-0.25, -0.2) is 8.42 Å². The molecule has 0 bridgehead atoms. The molecule has 33 heavy (non-hydrogen) atoms. The van der Waals surface area contributed by atoms with Crippen LogP contribution in [0.3, 0.4) is 0 Å². The molecule has 0 spiro atoms. The van der Waals surface area contributed by atoms with Gasteiger partial charge in [0, 0.05) is 10.7 Å². The normalized spacial score (nSPS) is 11.8. The highest BCUT2D eigenvalue weighted by Crippen LogP contribution is 2.27. The van der Waals surface area contributed by atoms with Crippen molar-refractivity contribution in [3.63, 3.8) is 0 Å². The monoisotopic (exact) mass is 521 g/mol. The number of nitriles is 1. The molecule has 2 aromatic carbocycles. The molecule has 4 aromatic rings. The zero-order chi connectivity index (χ0) is 23.6. The zero-order valence-electron chi connectivity index (χ0n) is 17.3. The van der Waals surface area contributed by atoms with E-state index in [4.69, 9.17) is 4.74 Å². The Morgan fingerprint density at radius 3 is 2.45 bits per heavy atom. The predicted octanol–water partition coefficient (Wildman–Crippen LogP) is 4.90. The summed E-state index contributed by atoms with van der Waals surface area (Å²) in [4.78, 5) is 17.1. The molecule has 0 radical (unpaired) electrons. The maximum atomic E-state index is 13.3. The molecule has 0 aliphatic rings. The summed E-state index contributed by atoms with van der Waals surface area (Å²) in [6.45, 7) is 1.79. The molecule has 2 heterocycles. The lowest BCUT2D eigenvalue weighted by atomic mass is 10.2. The van der Waals surface area contributed by atoms with Crippen LogP contribution in [0.2, 0.25) is 0 Å². The van der Waals surface area contributed by atoms with E-state index in [0.717, 1.165) is 11.6 Å². The smallest absolute Gasteiger partial charge is 0.269 e. The van der Waals surface area contributed by atoms with Crippen LogP contribution in [0.4, 0.5) is 0 Å². The van der Waals surface area contributed by atoms with E-state index in [1.165, 1.54) is 22.7 Å². The van der Waals surface area contributed by atoms with Gasteiger partial charge in [0.1, 0.15) is 27.9 Å². The van der Waals surface area contributed by atoms with Crippen molar-refractivity contribution < 1.29 is 13.2 Å². The molecule has 0 aliphatic carbocycles. The highest BCUT2D eigenvalue weighted by Gasteiger charge is 2.24. The van der Waals surface area contributed by atoms with Crippen LogP contribution in [0.5, 0.6) is 11.6 Å². The van der Waals surface area contributed by atoms with Gasteiger partial charge < -0.3 is 4.74 Å². The second-order valence-electron chi connectivity index (χ2n) is 7.01. The number of hydrogen-bond acceptors (Lipinski definition) is 6. The van der Waals surface area contributed by atoms with Crippen molar-refractivity contribution in [2.75, 3.05) is 0 Å². The van der Waals surface area contributed by atoms with Crippen LogP contribution in [0.25, 0.3) is 11.7 Å². The molecule has 164 valence electrons. The number of sulfone groups is 1. The van der Waals surface area contributed by atoms with E-state index in [9.17, 15) is 18.5 Å². The van der Waals surface area contributed by atoms with Crippen LogP contribution in [0.1, 0.15) is 11.1 Å². The van der Waals surface area contributed by atoms with Gasteiger partial charge in [0.05, 0.1) is 4.90 Å². The molecular weight excluding hydrogens is 506 g/mol. The van der Waals surface area contributed by atoms with Crippen molar-refractivity contribution in [1.82, 2.24) is 9.38 Å². The fourth-order valence-corrected chi connectivity index (χ4v) is 4.54. The van der Waals surface area contributed by atoms with Gasteiger partial charge in [-0.15, -0.1) is 0 Å². The number of hydrogen-bond donors (Lipinski definition) is 0. The standard InChI is InChI=1S/C24H16BrN3O4S/c1-16-6-5-13-28-22(16)27-23(32-18-7-3-2-4-8-18)21(24(28)29)14-20(15-26)33(30,31)19-11-9-17(25)10-12-19/h2-14H,1H3. The third kappa shape index (κ3) is 4.44. The van der Waals surface area contributed by atoms with Crippen molar-refractivity contribution in [3.8, 4) is 17.7 Å². The number of nitrogens with zero attached hydrogens (tertiary/aromatic N) is 3. The van der Waals surface area contributed by atoms with Crippen LogP contribution in [-0.4, -0.2) is 17.8 Å². The van der Waals surface area contributed by atoms with Gasteiger partial charge in [-0.05, 0) is 61.0 Å². The Balaban J connectivity index is 1.96. The summed E-state index contributed by atoms with van der Waals surface area (Å²) in [6.07, 6.45) is 2.54.